The van der Waals surface area contributed by atoms with Crippen LogP contribution in [-0.4, -0.2) is 0 Å². The van der Waals surface area contributed by atoms with E-state index in [0.29, 0.717) is 0 Å². The maximum absolute atomic E-state index is 2.45. The molecule has 156 valence electrons. The van der Waals surface area contributed by atoms with Gasteiger partial charge in [-0.1, -0.05) is 98.8 Å². The van der Waals surface area contributed by atoms with Crippen LogP contribution in [0.5, 0.6) is 0 Å². The molecule has 1 aliphatic carbocycles. The van der Waals surface area contributed by atoms with Crippen LogP contribution >= 0.6 is 0 Å². The van der Waals surface area contributed by atoms with Crippen molar-refractivity contribution in [2.75, 3.05) is 0 Å². The molecule has 0 aliphatic heterocycles. The molecular formula is C33H24. The van der Waals surface area contributed by atoms with E-state index in [2.05, 4.69) is 123 Å². The molecule has 0 saturated heterocycles. The maximum Gasteiger partial charge on any atom is 0.0159 e. The Labute approximate surface area is 194 Å². The molecule has 0 saturated carbocycles. The van der Waals surface area contributed by atoms with Gasteiger partial charge in [0, 0.05) is 5.41 Å². The van der Waals surface area contributed by atoms with Crippen molar-refractivity contribution in [1.29, 1.82) is 0 Å². The van der Waals surface area contributed by atoms with Gasteiger partial charge in [-0.3, -0.25) is 0 Å². The van der Waals surface area contributed by atoms with Gasteiger partial charge in [0.05, 0.1) is 0 Å². The van der Waals surface area contributed by atoms with Gasteiger partial charge < -0.3 is 0 Å². The van der Waals surface area contributed by atoms with Crippen LogP contribution in [0.3, 0.4) is 0 Å². The van der Waals surface area contributed by atoms with E-state index in [-0.39, 0.29) is 5.41 Å². The minimum atomic E-state index is -0.00494. The second-order valence-electron chi connectivity index (χ2n) is 9.82. The average Bonchev–Trinajstić information content (AvgIpc) is 3.08. The normalized spacial score (nSPS) is 14.0. The Bertz CT molecular complexity index is 1730. The SMILES string of the molecule is CC1(C)c2ccccc2-c2ccc(-c3c4ccccc4cc4cc5ccccc5cc34)cc21. The molecule has 0 unspecified atom stereocenters. The molecule has 33 heavy (non-hydrogen) atoms. The number of benzene rings is 6. The molecule has 0 heteroatoms. The smallest absolute Gasteiger partial charge is 0.0159 e. The quantitative estimate of drug-likeness (QED) is 0.233. The minimum Gasteiger partial charge on any atom is -0.0619 e. The van der Waals surface area contributed by atoms with E-state index in [1.807, 2.05) is 0 Å². The zero-order chi connectivity index (χ0) is 22.2. The first kappa shape index (κ1) is 18.7. The summed E-state index contributed by atoms with van der Waals surface area (Å²) in [6, 6.07) is 40.5. The summed E-state index contributed by atoms with van der Waals surface area (Å²) < 4.78 is 0. The second-order valence-corrected chi connectivity index (χ2v) is 9.82. The van der Waals surface area contributed by atoms with Crippen molar-refractivity contribution in [2.24, 2.45) is 0 Å². The number of hydrogen-bond acceptors (Lipinski definition) is 0. The van der Waals surface area contributed by atoms with E-state index < -0.39 is 0 Å². The van der Waals surface area contributed by atoms with Crippen molar-refractivity contribution < 1.29 is 0 Å². The molecule has 0 atom stereocenters. The molecular weight excluding hydrogens is 396 g/mol. The highest BCUT2D eigenvalue weighted by molar-refractivity contribution is 6.16. The lowest BCUT2D eigenvalue weighted by Crippen LogP contribution is -2.14. The van der Waals surface area contributed by atoms with Gasteiger partial charge in [0.15, 0.2) is 0 Å². The van der Waals surface area contributed by atoms with Crippen LogP contribution in [0.4, 0.5) is 0 Å². The third-order valence-corrected chi connectivity index (χ3v) is 7.60. The van der Waals surface area contributed by atoms with Crippen LogP contribution in [0.25, 0.3) is 54.6 Å². The van der Waals surface area contributed by atoms with E-state index in [1.54, 1.807) is 0 Å². The van der Waals surface area contributed by atoms with Crippen molar-refractivity contribution >= 4 is 32.3 Å². The first-order chi connectivity index (χ1) is 16.1. The molecule has 0 aromatic heterocycles. The summed E-state index contributed by atoms with van der Waals surface area (Å²) in [5, 5.41) is 7.80. The van der Waals surface area contributed by atoms with Crippen molar-refractivity contribution in [1.82, 2.24) is 0 Å². The standard InChI is InChI=1S/C33H24/c1-33(2)30-14-8-7-13-27(30)28-16-15-24(20-31(28)33)32-26-12-6-5-11-23(26)18-25-17-21-9-3-4-10-22(21)19-29(25)32/h3-20H,1-2H3. The van der Waals surface area contributed by atoms with E-state index in [0.717, 1.165) is 0 Å². The Hall–Kier alpha value is -3.90. The molecule has 0 heterocycles. The number of rotatable bonds is 1. The predicted molar refractivity (Wildman–Crippen MR) is 142 cm³/mol. The highest BCUT2D eigenvalue weighted by Gasteiger charge is 2.35. The average molecular weight is 421 g/mol. The Morgan fingerprint density at radius 3 is 1.94 bits per heavy atom. The molecule has 0 N–H and O–H groups in total. The Morgan fingerprint density at radius 1 is 0.455 bits per heavy atom. The summed E-state index contributed by atoms with van der Waals surface area (Å²) in [6.45, 7) is 4.71. The molecule has 7 rings (SSSR count). The fraction of sp³-hybridized carbons (Fsp3) is 0.0909. The molecule has 1 aliphatic rings. The fourth-order valence-electron chi connectivity index (χ4n) is 5.93. The molecule has 6 aromatic carbocycles. The first-order valence-electron chi connectivity index (χ1n) is 11.7. The summed E-state index contributed by atoms with van der Waals surface area (Å²) in [4.78, 5) is 0. The Morgan fingerprint density at radius 2 is 1.09 bits per heavy atom. The summed E-state index contributed by atoms with van der Waals surface area (Å²) in [5.74, 6) is 0. The predicted octanol–water partition coefficient (Wildman–Crippen LogP) is 9.12. The maximum atomic E-state index is 2.45. The van der Waals surface area contributed by atoms with E-state index in [1.165, 1.54) is 65.7 Å². The lowest BCUT2D eigenvalue weighted by Gasteiger charge is -2.22. The van der Waals surface area contributed by atoms with Crippen molar-refractivity contribution in [3.8, 4) is 22.3 Å². The number of hydrogen-bond donors (Lipinski definition) is 0. The second kappa shape index (κ2) is 6.56. The van der Waals surface area contributed by atoms with Crippen molar-refractivity contribution in [3.05, 3.63) is 120 Å². The van der Waals surface area contributed by atoms with Gasteiger partial charge in [-0.25, -0.2) is 0 Å². The van der Waals surface area contributed by atoms with Gasteiger partial charge in [-0.2, -0.15) is 0 Å². The van der Waals surface area contributed by atoms with Gasteiger partial charge in [0.25, 0.3) is 0 Å². The third kappa shape index (κ3) is 2.58. The van der Waals surface area contributed by atoms with Crippen LogP contribution in [0.2, 0.25) is 0 Å². The van der Waals surface area contributed by atoms with E-state index in [4.69, 9.17) is 0 Å². The summed E-state index contributed by atoms with van der Waals surface area (Å²) in [5.41, 5.74) is 8.21. The fourth-order valence-corrected chi connectivity index (χ4v) is 5.93. The Balaban J connectivity index is 1.58. The summed E-state index contributed by atoms with van der Waals surface area (Å²) in [6.07, 6.45) is 0. The monoisotopic (exact) mass is 420 g/mol. The third-order valence-electron chi connectivity index (χ3n) is 7.60. The van der Waals surface area contributed by atoms with Gasteiger partial charge in [-0.15, -0.1) is 0 Å². The molecule has 0 nitrogen and oxygen atoms in total. The molecule has 0 radical (unpaired) electrons. The van der Waals surface area contributed by atoms with Crippen LogP contribution in [0, 0.1) is 0 Å². The van der Waals surface area contributed by atoms with Crippen LogP contribution in [0.15, 0.2) is 109 Å². The Kier molecular flexibility index (Phi) is 3.71. The highest BCUT2D eigenvalue weighted by atomic mass is 14.4. The zero-order valence-corrected chi connectivity index (χ0v) is 18.9. The van der Waals surface area contributed by atoms with Gasteiger partial charge >= 0.3 is 0 Å². The highest BCUT2D eigenvalue weighted by Crippen LogP contribution is 2.50. The summed E-state index contributed by atoms with van der Waals surface area (Å²) >= 11 is 0. The van der Waals surface area contributed by atoms with Crippen LogP contribution < -0.4 is 0 Å². The zero-order valence-electron chi connectivity index (χ0n) is 18.9. The lowest BCUT2D eigenvalue weighted by molar-refractivity contribution is 0.660. The van der Waals surface area contributed by atoms with Crippen molar-refractivity contribution in [2.45, 2.75) is 19.3 Å². The van der Waals surface area contributed by atoms with Crippen LogP contribution in [0.1, 0.15) is 25.0 Å². The minimum absolute atomic E-state index is 0.00494. The van der Waals surface area contributed by atoms with Gasteiger partial charge in [0.1, 0.15) is 0 Å². The largest absolute Gasteiger partial charge is 0.0619 e. The van der Waals surface area contributed by atoms with E-state index in [9.17, 15) is 0 Å². The van der Waals surface area contributed by atoms with Gasteiger partial charge in [0.2, 0.25) is 0 Å². The first-order valence-corrected chi connectivity index (χ1v) is 11.7. The summed E-state index contributed by atoms with van der Waals surface area (Å²) in [7, 11) is 0. The lowest BCUT2D eigenvalue weighted by atomic mass is 9.81. The number of fused-ring (bicyclic) bond motifs is 6. The molecule has 0 spiro atoms. The van der Waals surface area contributed by atoms with Crippen molar-refractivity contribution in [3.63, 3.8) is 0 Å². The van der Waals surface area contributed by atoms with Gasteiger partial charge in [-0.05, 0) is 90.0 Å². The molecule has 0 amide bonds. The van der Waals surface area contributed by atoms with Crippen LogP contribution in [-0.2, 0) is 5.41 Å². The topological polar surface area (TPSA) is 0 Å². The molecule has 0 fully saturated rings. The van der Waals surface area contributed by atoms with E-state index >= 15 is 0 Å². The molecule has 0 bridgehead atoms. The molecule has 6 aromatic rings.